The van der Waals surface area contributed by atoms with Crippen LogP contribution in [0.5, 0.6) is 0 Å². The van der Waals surface area contributed by atoms with Crippen LogP contribution in [0, 0.1) is 6.92 Å². The Balaban J connectivity index is 2.04. The normalized spacial score (nSPS) is 10.6. The predicted molar refractivity (Wildman–Crippen MR) is 69.2 cm³/mol. The molecule has 2 N–H and O–H groups in total. The van der Waals surface area contributed by atoms with Crippen LogP contribution in [0.15, 0.2) is 22.7 Å². The van der Waals surface area contributed by atoms with E-state index in [0.29, 0.717) is 24.6 Å². The third-order valence-electron chi connectivity index (χ3n) is 2.48. The van der Waals surface area contributed by atoms with Gasteiger partial charge in [0.1, 0.15) is 5.76 Å². The van der Waals surface area contributed by atoms with Crippen LogP contribution in [0.1, 0.15) is 26.2 Å². The second kappa shape index (κ2) is 5.32. The Morgan fingerprint density at radius 3 is 2.89 bits per heavy atom. The molecule has 5 nitrogen and oxygen atoms in total. The number of aryl methyl sites for hydroxylation is 1. The SMILES string of the molecule is Cc1ncc(CN(C)C(=O)c2ccc(CN)o2)s1. The monoisotopic (exact) mass is 265 g/mol. The summed E-state index contributed by atoms with van der Waals surface area (Å²) < 4.78 is 5.33. The molecular formula is C12H15N3O2S. The van der Waals surface area contributed by atoms with Crippen molar-refractivity contribution in [2.45, 2.75) is 20.0 Å². The van der Waals surface area contributed by atoms with Gasteiger partial charge in [0, 0.05) is 18.1 Å². The number of rotatable bonds is 4. The number of carbonyl (C=O) groups is 1. The lowest BCUT2D eigenvalue weighted by atomic mass is 10.3. The molecule has 0 saturated carbocycles. The number of thiazole rings is 1. The van der Waals surface area contributed by atoms with Gasteiger partial charge in [0.25, 0.3) is 5.91 Å². The standard InChI is InChI=1S/C12H15N3O2S/c1-8-14-6-10(18-8)7-15(2)12(16)11-4-3-9(5-13)17-11/h3-4,6H,5,7,13H2,1-2H3. The van der Waals surface area contributed by atoms with Gasteiger partial charge in [-0.15, -0.1) is 11.3 Å². The van der Waals surface area contributed by atoms with Crippen LogP contribution in [-0.2, 0) is 13.1 Å². The Labute approximate surface area is 109 Å². The lowest BCUT2D eigenvalue weighted by Crippen LogP contribution is -2.25. The molecule has 0 unspecified atom stereocenters. The third-order valence-corrected chi connectivity index (χ3v) is 3.38. The lowest BCUT2D eigenvalue weighted by molar-refractivity contribution is 0.0753. The van der Waals surface area contributed by atoms with Gasteiger partial charge < -0.3 is 15.1 Å². The van der Waals surface area contributed by atoms with Crippen molar-refractivity contribution in [3.05, 3.63) is 39.7 Å². The van der Waals surface area contributed by atoms with Crippen molar-refractivity contribution >= 4 is 17.2 Å². The number of aromatic nitrogens is 1. The molecule has 2 aromatic rings. The van der Waals surface area contributed by atoms with Gasteiger partial charge in [-0.1, -0.05) is 0 Å². The summed E-state index contributed by atoms with van der Waals surface area (Å²) in [5.74, 6) is 0.778. The van der Waals surface area contributed by atoms with Gasteiger partial charge in [0.15, 0.2) is 5.76 Å². The fourth-order valence-corrected chi connectivity index (χ4v) is 2.42. The molecule has 0 aromatic carbocycles. The van der Waals surface area contributed by atoms with E-state index in [1.54, 1.807) is 41.6 Å². The Bertz CT molecular complexity index is 547. The van der Waals surface area contributed by atoms with Gasteiger partial charge in [-0.25, -0.2) is 4.98 Å². The van der Waals surface area contributed by atoms with Crippen molar-refractivity contribution in [3.63, 3.8) is 0 Å². The first-order valence-electron chi connectivity index (χ1n) is 5.55. The minimum atomic E-state index is -0.152. The topological polar surface area (TPSA) is 72.4 Å². The number of carbonyl (C=O) groups excluding carboxylic acids is 1. The first-order valence-corrected chi connectivity index (χ1v) is 6.37. The number of furan rings is 1. The highest BCUT2D eigenvalue weighted by atomic mass is 32.1. The van der Waals surface area contributed by atoms with Gasteiger partial charge in [0.2, 0.25) is 0 Å². The molecule has 0 aliphatic carbocycles. The summed E-state index contributed by atoms with van der Waals surface area (Å²) in [6.07, 6.45) is 1.79. The van der Waals surface area contributed by atoms with Crippen LogP contribution < -0.4 is 5.73 Å². The maximum atomic E-state index is 12.1. The molecule has 0 saturated heterocycles. The zero-order valence-corrected chi connectivity index (χ0v) is 11.2. The van der Waals surface area contributed by atoms with Crippen LogP contribution in [0.4, 0.5) is 0 Å². The number of amides is 1. The maximum Gasteiger partial charge on any atom is 0.289 e. The van der Waals surface area contributed by atoms with Gasteiger partial charge >= 0.3 is 0 Å². The molecule has 0 radical (unpaired) electrons. The Hall–Kier alpha value is -1.66. The van der Waals surface area contributed by atoms with Crippen molar-refractivity contribution in [1.82, 2.24) is 9.88 Å². The summed E-state index contributed by atoms with van der Waals surface area (Å²) in [7, 11) is 1.74. The molecule has 2 aromatic heterocycles. The van der Waals surface area contributed by atoms with E-state index in [0.717, 1.165) is 9.88 Å². The van der Waals surface area contributed by atoms with Crippen molar-refractivity contribution in [3.8, 4) is 0 Å². The van der Waals surface area contributed by atoms with Gasteiger partial charge in [-0.2, -0.15) is 0 Å². The molecule has 0 aliphatic rings. The van der Waals surface area contributed by atoms with Crippen LogP contribution in [0.2, 0.25) is 0 Å². The van der Waals surface area contributed by atoms with Crippen LogP contribution in [-0.4, -0.2) is 22.8 Å². The molecule has 0 spiro atoms. The van der Waals surface area contributed by atoms with E-state index in [-0.39, 0.29) is 5.91 Å². The summed E-state index contributed by atoms with van der Waals surface area (Å²) in [4.78, 5) is 18.9. The second-order valence-corrected chi connectivity index (χ2v) is 5.30. The minimum Gasteiger partial charge on any atom is -0.455 e. The molecular weight excluding hydrogens is 250 g/mol. The van der Waals surface area contributed by atoms with Crippen LogP contribution in [0.25, 0.3) is 0 Å². The first-order chi connectivity index (χ1) is 8.60. The lowest BCUT2D eigenvalue weighted by Gasteiger charge is -2.14. The summed E-state index contributed by atoms with van der Waals surface area (Å²) >= 11 is 1.58. The van der Waals surface area contributed by atoms with E-state index >= 15 is 0 Å². The molecule has 18 heavy (non-hydrogen) atoms. The third kappa shape index (κ3) is 2.77. The zero-order chi connectivity index (χ0) is 13.1. The largest absolute Gasteiger partial charge is 0.455 e. The molecule has 1 amide bonds. The van der Waals surface area contributed by atoms with Gasteiger partial charge in [-0.3, -0.25) is 4.79 Å². The first kappa shape index (κ1) is 12.8. The Morgan fingerprint density at radius 2 is 2.33 bits per heavy atom. The van der Waals surface area contributed by atoms with Crippen LogP contribution in [0.3, 0.4) is 0 Å². The van der Waals surface area contributed by atoms with Crippen LogP contribution >= 0.6 is 11.3 Å². The van der Waals surface area contributed by atoms with Gasteiger partial charge in [0.05, 0.1) is 18.1 Å². The Morgan fingerprint density at radius 1 is 1.56 bits per heavy atom. The Kier molecular flexibility index (Phi) is 3.78. The highest BCUT2D eigenvalue weighted by Crippen LogP contribution is 2.16. The molecule has 6 heteroatoms. The highest BCUT2D eigenvalue weighted by molar-refractivity contribution is 7.11. The summed E-state index contributed by atoms with van der Waals surface area (Å²) in [6, 6.07) is 3.37. The van der Waals surface area contributed by atoms with E-state index in [1.165, 1.54) is 0 Å². The van der Waals surface area contributed by atoms with E-state index in [4.69, 9.17) is 10.2 Å². The van der Waals surface area contributed by atoms with Crippen molar-refractivity contribution in [2.24, 2.45) is 5.73 Å². The average molecular weight is 265 g/mol. The van der Waals surface area contributed by atoms with E-state index in [2.05, 4.69) is 4.98 Å². The molecule has 0 bridgehead atoms. The van der Waals surface area contributed by atoms with E-state index in [9.17, 15) is 4.79 Å². The average Bonchev–Trinajstić information content (AvgIpc) is 2.97. The number of nitrogens with zero attached hydrogens (tertiary/aromatic N) is 2. The molecule has 0 aliphatic heterocycles. The number of hydrogen-bond donors (Lipinski definition) is 1. The van der Waals surface area contributed by atoms with E-state index in [1.807, 2.05) is 6.92 Å². The number of nitrogens with two attached hydrogens (primary N) is 1. The van der Waals surface area contributed by atoms with Gasteiger partial charge in [-0.05, 0) is 19.1 Å². The quantitative estimate of drug-likeness (QED) is 0.914. The second-order valence-electron chi connectivity index (χ2n) is 3.98. The van der Waals surface area contributed by atoms with Crippen molar-refractivity contribution in [2.75, 3.05) is 7.05 Å². The summed E-state index contributed by atoms with van der Waals surface area (Å²) in [5.41, 5.74) is 5.44. The molecule has 2 heterocycles. The molecule has 0 atom stereocenters. The molecule has 96 valence electrons. The predicted octanol–water partition coefficient (Wildman–Crippen LogP) is 1.78. The maximum absolute atomic E-state index is 12.1. The fraction of sp³-hybridized carbons (Fsp3) is 0.333. The smallest absolute Gasteiger partial charge is 0.289 e. The van der Waals surface area contributed by atoms with Crippen molar-refractivity contribution in [1.29, 1.82) is 0 Å². The van der Waals surface area contributed by atoms with E-state index < -0.39 is 0 Å². The zero-order valence-electron chi connectivity index (χ0n) is 10.3. The number of hydrogen-bond acceptors (Lipinski definition) is 5. The fourth-order valence-electron chi connectivity index (χ4n) is 1.57. The summed E-state index contributed by atoms with van der Waals surface area (Å²) in [6.45, 7) is 2.77. The molecule has 0 fully saturated rings. The summed E-state index contributed by atoms with van der Waals surface area (Å²) in [5, 5.41) is 0.995. The highest BCUT2D eigenvalue weighted by Gasteiger charge is 2.16. The minimum absolute atomic E-state index is 0.152. The van der Waals surface area contributed by atoms with Crippen molar-refractivity contribution < 1.29 is 9.21 Å². The molecule has 2 rings (SSSR count).